The van der Waals surface area contributed by atoms with Gasteiger partial charge in [-0.1, -0.05) is 29.8 Å². The van der Waals surface area contributed by atoms with Gasteiger partial charge in [0.15, 0.2) is 0 Å². The minimum Gasteiger partial charge on any atom is -0.265 e. The maximum Gasteiger partial charge on any atom is 0.203 e. The quantitative estimate of drug-likeness (QED) is 0.576. The molecule has 0 unspecified atom stereocenters. The number of benzene rings is 1. The predicted octanol–water partition coefficient (Wildman–Crippen LogP) is 4.35. The highest BCUT2D eigenvalue weighted by Crippen LogP contribution is 2.25. The van der Waals surface area contributed by atoms with Gasteiger partial charge in [-0.2, -0.15) is 5.10 Å². The molecule has 0 aliphatic carbocycles. The summed E-state index contributed by atoms with van der Waals surface area (Å²) in [7, 11) is 0. The molecular formula is C17H16N4S. The number of thiazole rings is 1. The molecule has 0 aliphatic heterocycles. The lowest BCUT2D eigenvalue weighted by molar-refractivity contribution is 1.26. The molecule has 0 bridgehead atoms. The SMILES string of the molecule is C/C(=N/Nc1nc(-c2ccc(C)cc2)cs1)c1ccncc1. The molecule has 0 amide bonds. The van der Waals surface area contributed by atoms with Gasteiger partial charge in [-0.3, -0.25) is 10.4 Å². The van der Waals surface area contributed by atoms with E-state index in [1.54, 1.807) is 23.7 Å². The van der Waals surface area contributed by atoms with E-state index in [2.05, 4.69) is 51.7 Å². The molecule has 110 valence electrons. The molecule has 1 N–H and O–H groups in total. The number of hydrogen-bond donors (Lipinski definition) is 1. The zero-order chi connectivity index (χ0) is 15.4. The van der Waals surface area contributed by atoms with Crippen LogP contribution >= 0.6 is 11.3 Å². The highest BCUT2D eigenvalue weighted by molar-refractivity contribution is 7.14. The number of pyridine rings is 1. The molecule has 2 heterocycles. The second kappa shape index (κ2) is 6.49. The van der Waals surface area contributed by atoms with Crippen LogP contribution in [0.1, 0.15) is 18.1 Å². The van der Waals surface area contributed by atoms with Crippen molar-refractivity contribution < 1.29 is 0 Å². The zero-order valence-electron chi connectivity index (χ0n) is 12.4. The number of nitrogens with zero attached hydrogens (tertiary/aromatic N) is 3. The Morgan fingerprint density at radius 1 is 1.09 bits per heavy atom. The van der Waals surface area contributed by atoms with E-state index in [9.17, 15) is 0 Å². The maximum absolute atomic E-state index is 4.56. The summed E-state index contributed by atoms with van der Waals surface area (Å²) in [6.45, 7) is 4.03. The number of anilines is 1. The third-order valence-electron chi connectivity index (χ3n) is 3.27. The van der Waals surface area contributed by atoms with E-state index in [1.807, 2.05) is 24.4 Å². The summed E-state index contributed by atoms with van der Waals surface area (Å²) in [5.41, 5.74) is 8.28. The fraction of sp³-hybridized carbons (Fsp3) is 0.118. The highest BCUT2D eigenvalue weighted by Gasteiger charge is 2.04. The molecule has 2 aromatic heterocycles. The molecule has 0 spiro atoms. The van der Waals surface area contributed by atoms with E-state index in [0.717, 1.165) is 27.7 Å². The van der Waals surface area contributed by atoms with Crippen molar-refractivity contribution in [2.45, 2.75) is 13.8 Å². The summed E-state index contributed by atoms with van der Waals surface area (Å²) in [5, 5.41) is 7.19. The molecular weight excluding hydrogens is 292 g/mol. The second-order valence-electron chi connectivity index (χ2n) is 4.95. The van der Waals surface area contributed by atoms with Crippen LogP contribution in [0.4, 0.5) is 5.13 Å². The van der Waals surface area contributed by atoms with Crippen LogP contribution in [0.5, 0.6) is 0 Å². The van der Waals surface area contributed by atoms with E-state index in [0.29, 0.717) is 0 Å². The van der Waals surface area contributed by atoms with Crippen LogP contribution in [0.25, 0.3) is 11.3 Å². The highest BCUT2D eigenvalue weighted by atomic mass is 32.1. The average Bonchev–Trinajstić information content (AvgIpc) is 3.03. The van der Waals surface area contributed by atoms with Crippen molar-refractivity contribution in [2.24, 2.45) is 5.10 Å². The Hall–Kier alpha value is -2.53. The Bertz CT molecular complexity index is 776. The summed E-state index contributed by atoms with van der Waals surface area (Å²) in [5.74, 6) is 0. The van der Waals surface area contributed by atoms with Gasteiger partial charge in [-0.05, 0) is 26.0 Å². The lowest BCUT2D eigenvalue weighted by Gasteiger charge is -2.00. The van der Waals surface area contributed by atoms with E-state index < -0.39 is 0 Å². The minimum absolute atomic E-state index is 0.781. The van der Waals surface area contributed by atoms with Gasteiger partial charge < -0.3 is 0 Å². The Labute approximate surface area is 133 Å². The Kier molecular flexibility index (Phi) is 4.25. The lowest BCUT2D eigenvalue weighted by Crippen LogP contribution is -1.99. The molecule has 0 fully saturated rings. The summed E-state index contributed by atoms with van der Waals surface area (Å²) >= 11 is 1.54. The first-order valence-electron chi connectivity index (χ1n) is 6.95. The third kappa shape index (κ3) is 3.38. The summed E-state index contributed by atoms with van der Waals surface area (Å²) in [4.78, 5) is 8.57. The fourth-order valence-corrected chi connectivity index (χ4v) is 2.63. The van der Waals surface area contributed by atoms with Gasteiger partial charge in [-0.25, -0.2) is 4.98 Å². The molecule has 5 heteroatoms. The standard InChI is InChI=1S/C17H16N4S/c1-12-3-5-15(6-4-12)16-11-22-17(19-16)21-20-13(2)14-7-9-18-10-8-14/h3-11H,1-2H3,(H,19,21)/b20-13-. The number of hydrazone groups is 1. The van der Waals surface area contributed by atoms with Gasteiger partial charge in [0.05, 0.1) is 11.4 Å². The first-order valence-corrected chi connectivity index (χ1v) is 7.83. The lowest BCUT2D eigenvalue weighted by atomic mass is 10.1. The number of nitrogens with one attached hydrogen (secondary N) is 1. The fourth-order valence-electron chi connectivity index (χ4n) is 1.97. The summed E-state index contributed by atoms with van der Waals surface area (Å²) in [6, 6.07) is 12.2. The Morgan fingerprint density at radius 3 is 2.55 bits per heavy atom. The van der Waals surface area contributed by atoms with Crippen LogP contribution in [0, 0.1) is 6.92 Å². The molecule has 1 aromatic carbocycles. The molecule has 0 radical (unpaired) electrons. The van der Waals surface area contributed by atoms with Crippen LogP contribution in [0.15, 0.2) is 59.3 Å². The molecule has 3 aromatic rings. The molecule has 0 aliphatic rings. The van der Waals surface area contributed by atoms with E-state index >= 15 is 0 Å². The Morgan fingerprint density at radius 2 is 1.82 bits per heavy atom. The van der Waals surface area contributed by atoms with Crippen molar-refractivity contribution in [2.75, 3.05) is 5.43 Å². The molecule has 0 saturated heterocycles. The predicted molar refractivity (Wildman–Crippen MR) is 92.4 cm³/mol. The van der Waals surface area contributed by atoms with Crippen molar-refractivity contribution in [3.63, 3.8) is 0 Å². The average molecular weight is 308 g/mol. The van der Waals surface area contributed by atoms with E-state index in [1.165, 1.54) is 5.56 Å². The monoisotopic (exact) mass is 308 g/mol. The van der Waals surface area contributed by atoms with Crippen LogP contribution in [0.2, 0.25) is 0 Å². The van der Waals surface area contributed by atoms with Gasteiger partial charge >= 0.3 is 0 Å². The van der Waals surface area contributed by atoms with Gasteiger partial charge in [0.25, 0.3) is 0 Å². The molecule has 4 nitrogen and oxygen atoms in total. The maximum atomic E-state index is 4.56. The van der Waals surface area contributed by atoms with Crippen LogP contribution in [0.3, 0.4) is 0 Å². The van der Waals surface area contributed by atoms with Crippen LogP contribution < -0.4 is 5.43 Å². The largest absolute Gasteiger partial charge is 0.265 e. The third-order valence-corrected chi connectivity index (χ3v) is 4.02. The van der Waals surface area contributed by atoms with Gasteiger partial charge in [0, 0.05) is 28.9 Å². The normalized spacial score (nSPS) is 11.5. The van der Waals surface area contributed by atoms with E-state index in [-0.39, 0.29) is 0 Å². The summed E-state index contributed by atoms with van der Waals surface area (Å²) < 4.78 is 0. The minimum atomic E-state index is 0.781. The van der Waals surface area contributed by atoms with Crippen molar-refractivity contribution >= 4 is 22.2 Å². The number of aryl methyl sites for hydroxylation is 1. The smallest absolute Gasteiger partial charge is 0.203 e. The molecule has 0 saturated carbocycles. The zero-order valence-corrected chi connectivity index (χ0v) is 13.3. The van der Waals surface area contributed by atoms with Crippen LogP contribution in [-0.4, -0.2) is 15.7 Å². The van der Waals surface area contributed by atoms with E-state index in [4.69, 9.17) is 0 Å². The van der Waals surface area contributed by atoms with Gasteiger partial charge in [-0.15, -0.1) is 11.3 Å². The molecule has 0 atom stereocenters. The molecule has 22 heavy (non-hydrogen) atoms. The number of rotatable bonds is 4. The van der Waals surface area contributed by atoms with Crippen molar-refractivity contribution in [3.8, 4) is 11.3 Å². The van der Waals surface area contributed by atoms with Crippen LogP contribution in [-0.2, 0) is 0 Å². The molecule has 3 rings (SSSR count). The van der Waals surface area contributed by atoms with Crippen molar-refractivity contribution in [1.82, 2.24) is 9.97 Å². The Balaban J connectivity index is 1.73. The van der Waals surface area contributed by atoms with Crippen molar-refractivity contribution in [1.29, 1.82) is 0 Å². The van der Waals surface area contributed by atoms with Crippen molar-refractivity contribution in [3.05, 3.63) is 65.3 Å². The topological polar surface area (TPSA) is 50.2 Å². The first kappa shape index (κ1) is 14.4. The van der Waals surface area contributed by atoms with Gasteiger partial charge in [0.1, 0.15) is 0 Å². The number of aromatic nitrogens is 2. The number of hydrogen-bond acceptors (Lipinski definition) is 5. The summed E-state index contributed by atoms with van der Waals surface area (Å²) in [6.07, 6.45) is 3.51. The first-order chi connectivity index (χ1) is 10.7. The second-order valence-corrected chi connectivity index (χ2v) is 5.81. The van der Waals surface area contributed by atoms with Gasteiger partial charge in [0.2, 0.25) is 5.13 Å².